The lowest BCUT2D eigenvalue weighted by atomic mass is 9.76. The smallest absolute Gasteiger partial charge is 0.249 e. The number of pyridine rings is 1. The Morgan fingerprint density at radius 2 is 2.20 bits per heavy atom. The third-order valence-corrected chi connectivity index (χ3v) is 6.54. The number of aromatic nitrogens is 1. The Kier molecular flexibility index (Phi) is 5.10. The summed E-state index contributed by atoms with van der Waals surface area (Å²) in [6.07, 6.45) is 6.74. The summed E-state index contributed by atoms with van der Waals surface area (Å²) in [6.45, 7) is 7.39. The maximum Gasteiger partial charge on any atom is 0.249 e. The fourth-order valence-electron chi connectivity index (χ4n) is 4.86. The van der Waals surface area contributed by atoms with E-state index >= 15 is 4.39 Å². The van der Waals surface area contributed by atoms with Crippen molar-refractivity contribution in [2.75, 3.05) is 0 Å². The number of nitrogens with zero attached hydrogens (tertiary/aromatic N) is 1. The first-order valence-electron chi connectivity index (χ1n) is 10.3. The maximum atomic E-state index is 15.2. The molecule has 0 unspecified atom stereocenters. The van der Waals surface area contributed by atoms with E-state index in [1.165, 1.54) is 11.6 Å². The van der Waals surface area contributed by atoms with Gasteiger partial charge in [-0.15, -0.1) is 0 Å². The molecule has 0 fully saturated rings. The van der Waals surface area contributed by atoms with Crippen molar-refractivity contribution < 1.29 is 14.3 Å². The fraction of sp³-hybridized carbons (Fsp3) is 0.360. The quantitative estimate of drug-likeness (QED) is 0.771. The molecular weight excluding hydrogens is 379 g/mol. The second kappa shape index (κ2) is 7.47. The van der Waals surface area contributed by atoms with Gasteiger partial charge in [-0.2, -0.15) is 0 Å². The number of fused-ring (bicyclic) bond motifs is 2. The van der Waals surface area contributed by atoms with Gasteiger partial charge in [-0.25, -0.2) is 4.39 Å². The van der Waals surface area contributed by atoms with Crippen LogP contribution in [0.25, 0.3) is 11.6 Å². The monoisotopic (exact) mass is 406 g/mol. The van der Waals surface area contributed by atoms with Gasteiger partial charge in [0.2, 0.25) is 5.91 Å². The molecule has 2 aliphatic carbocycles. The molecule has 1 aromatic heterocycles. The summed E-state index contributed by atoms with van der Waals surface area (Å²) in [5.74, 6) is -0.868. The van der Waals surface area contributed by atoms with Crippen LogP contribution in [-0.2, 0) is 12.8 Å². The summed E-state index contributed by atoms with van der Waals surface area (Å²) in [6, 6.07) is 5.07. The molecule has 0 saturated carbocycles. The van der Waals surface area contributed by atoms with Crippen molar-refractivity contribution in [2.24, 2.45) is 11.7 Å². The van der Waals surface area contributed by atoms with E-state index in [-0.39, 0.29) is 11.5 Å². The number of halogens is 1. The second-order valence-electron chi connectivity index (χ2n) is 8.93. The van der Waals surface area contributed by atoms with Gasteiger partial charge >= 0.3 is 0 Å². The van der Waals surface area contributed by atoms with Crippen LogP contribution in [0.15, 0.2) is 36.5 Å². The topological polar surface area (TPSA) is 76.2 Å². The summed E-state index contributed by atoms with van der Waals surface area (Å²) in [5, 5.41) is 10.5. The third-order valence-electron chi connectivity index (χ3n) is 6.54. The minimum atomic E-state index is -0.771. The minimum absolute atomic E-state index is 0.145. The molecule has 0 bridgehead atoms. The van der Waals surface area contributed by atoms with Crippen LogP contribution < -0.4 is 5.73 Å². The van der Waals surface area contributed by atoms with Crippen LogP contribution in [0.5, 0.6) is 0 Å². The van der Waals surface area contributed by atoms with Crippen molar-refractivity contribution in [2.45, 2.75) is 51.6 Å². The number of hydrogen-bond donors (Lipinski definition) is 2. The average Bonchev–Trinajstić information content (AvgIpc) is 3.08. The summed E-state index contributed by atoms with van der Waals surface area (Å²) >= 11 is 0. The molecule has 4 nitrogen and oxygen atoms in total. The van der Waals surface area contributed by atoms with Crippen LogP contribution in [0, 0.1) is 11.7 Å². The molecule has 1 amide bonds. The Balaban J connectivity index is 1.80. The molecule has 0 spiro atoms. The van der Waals surface area contributed by atoms with Crippen LogP contribution in [0.2, 0.25) is 0 Å². The van der Waals surface area contributed by atoms with E-state index in [0.717, 1.165) is 47.2 Å². The van der Waals surface area contributed by atoms with Crippen molar-refractivity contribution in [3.63, 3.8) is 0 Å². The van der Waals surface area contributed by atoms with Crippen LogP contribution in [0.4, 0.5) is 4.39 Å². The lowest BCUT2D eigenvalue weighted by molar-refractivity contribution is 0.0123. The van der Waals surface area contributed by atoms with Gasteiger partial charge in [0, 0.05) is 23.7 Å². The molecule has 3 N–H and O–H groups in total. The van der Waals surface area contributed by atoms with E-state index in [0.29, 0.717) is 18.4 Å². The Morgan fingerprint density at radius 1 is 1.43 bits per heavy atom. The lowest BCUT2D eigenvalue weighted by Crippen LogP contribution is -2.32. The molecule has 156 valence electrons. The fourth-order valence-corrected chi connectivity index (χ4v) is 4.86. The molecule has 4 rings (SSSR count). The van der Waals surface area contributed by atoms with E-state index in [2.05, 4.69) is 11.6 Å². The molecular formula is C25H27FN2O2. The lowest BCUT2D eigenvalue weighted by Gasteiger charge is -2.33. The highest BCUT2D eigenvalue weighted by atomic mass is 19.1. The molecule has 1 heterocycles. The van der Waals surface area contributed by atoms with E-state index in [1.54, 1.807) is 12.3 Å². The first-order chi connectivity index (χ1) is 14.2. The molecule has 2 aliphatic rings. The summed E-state index contributed by atoms with van der Waals surface area (Å²) in [4.78, 5) is 16.4. The van der Waals surface area contributed by atoms with Crippen molar-refractivity contribution in [1.29, 1.82) is 0 Å². The van der Waals surface area contributed by atoms with Gasteiger partial charge in [-0.05, 0) is 85.9 Å². The third kappa shape index (κ3) is 3.58. The largest absolute Gasteiger partial charge is 0.390 e. The van der Waals surface area contributed by atoms with E-state index in [9.17, 15) is 9.90 Å². The highest BCUT2D eigenvalue weighted by Gasteiger charge is 2.37. The maximum absolute atomic E-state index is 15.2. The van der Waals surface area contributed by atoms with Gasteiger partial charge in [0.25, 0.3) is 0 Å². The van der Waals surface area contributed by atoms with Gasteiger partial charge in [0.15, 0.2) is 0 Å². The van der Waals surface area contributed by atoms with E-state index in [1.807, 2.05) is 26.0 Å². The SMILES string of the molecule is C=Cc1ccc(Cc2c(F)cc(C(N)=O)c3c2C2=C(C3)C[C@H](C(C)(C)O)CC2)cn1. The van der Waals surface area contributed by atoms with Gasteiger partial charge < -0.3 is 10.8 Å². The van der Waals surface area contributed by atoms with Crippen molar-refractivity contribution in [1.82, 2.24) is 4.98 Å². The number of carbonyl (C=O) groups excluding carboxylic acids is 1. The second-order valence-corrected chi connectivity index (χ2v) is 8.93. The summed E-state index contributed by atoms with van der Waals surface area (Å²) < 4.78 is 15.2. The predicted octanol–water partition coefficient (Wildman–Crippen LogP) is 4.43. The van der Waals surface area contributed by atoms with E-state index < -0.39 is 17.3 Å². The highest BCUT2D eigenvalue weighted by molar-refractivity contribution is 5.98. The number of nitrogens with two attached hydrogens (primary N) is 1. The van der Waals surface area contributed by atoms with Gasteiger partial charge in [0.05, 0.1) is 11.3 Å². The standard InChI is InChI=1S/C25H27FN2O2/c1-4-17-7-5-14(13-28-17)9-21-22(26)12-20(24(27)29)19-11-15-10-16(25(2,3)30)6-8-18(15)23(19)21/h4-5,7,12-13,16,30H,1,6,8-11H2,2-3H3,(H2,27,29)/t16-/m1/s1. The Labute approximate surface area is 176 Å². The van der Waals surface area contributed by atoms with Crippen molar-refractivity contribution in [3.05, 3.63) is 75.9 Å². The van der Waals surface area contributed by atoms with Gasteiger partial charge in [0.1, 0.15) is 5.82 Å². The number of primary amides is 1. The summed E-state index contributed by atoms with van der Waals surface area (Å²) in [7, 11) is 0. The van der Waals surface area contributed by atoms with Crippen molar-refractivity contribution in [3.8, 4) is 0 Å². The van der Waals surface area contributed by atoms with Crippen LogP contribution in [-0.4, -0.2) is 21.6 Å². The molecule has 0 aliphatic heterocycles. The zero-order chi connectivity index (χ0) is 21.6. The Bertz CT molecular complexity index is 1060. The highest BCUT2D eigenvalue weighted by Crippen LogP contribution is 2.48. The molecule has 1 aromatic carbocycles. The number of aliphatic hydroxyl groups is 1. The first-order valence-corrected chi connectivity index (χ1v) is 10.3. The minimum Gasteiger partial charge on any atom is -0.390 e. The molecule has 0 saturated heterocycles. The molecule has 5 heteroatoms. The normalized spacial score (nSPS) is 18.2. The van der Waals surface area contributed by atoms with Crippen molar-refractivity contribution >= 4 is 17.6 Å². The molecule has 0 radical (unpaired) electrons. The molecule has 2 aromatic rings. The predicted molar refractivity (Wildman–Crippen MR) is 116 cm³/mol. The number of hydrogen-bond acceptors (Lipinski definition) is 3. The molecule has 30 heavy (non-hydrogen) atoms. The number of allylic oxidation sites excluding steroid dienone is 2. The Morgan fingerprint density at radius 3 is 2.80 bits per heavy atom. The van der Waals surface area contributed by atoms with E-state index in [4.69, 9.17) is 5.73 Å². The van der Waals surface area contributed by atoms with Gasteiger partial charge in [-0.1, -0.05) is 18.2 Å². The van der Waals surface area contributed by atoms with Gasteiger partial charge in [-0.3, -0.25) is 9.78 Å². The average molecular weight is 407 g/mol. The zero-order valence-electron chi connectivity index (χ0n) is 17.5. The number of benzene rings is 1. The zero-order valence-corrected chi connectivity index (χ0v) is 17.5. The first kappa shape index (κ1) is 20.5. The summed E-state index contributed by atoms with van der Waals surface area (Å²) in [5.41, 5.74) is 11.3. The number of amides is 1. The number of rotatable bonds is 5. The van der Waals surface area contributed by atoms with Crippen LogP contribution >= 0.6 is 0 Å². The Hall–Kier alpha value is -2.79. The van der Waals surface area contributed by atoms with Crippen LogP contribution in [0.3, 0.4) is 0 Å². The molecule has 1 atom stereocenters. The van der Waals surface area contributed by atoms with Crippen LogP contribution in [0.1, 0.15) is 71.4 Å². The number of carbonyl (C=O) groups is 1.